The quantitative estimate of drug-likeness (QED) is 0.207. The fraction of sp³-hybridized carbons (Fsp3) is 0.133. The fourth-order valence-electron chi connectivity index (χ4n) is 3.88. The minimum absolute atomic E-state index is 0. The zero-order valence-electron chi connectivity index (χ0n) is 20.0. The minimum Gasteiger partial charge on any atom is -0.355 e. The molecule has 0 saturated carbocycles. The van der Waals surface area contributed by atoms with Crippen molar-refractivity contribution in [2.24, 2.45) is 0 Å². The van der Waals surface area contributed by atoms with Crippen LogP contribution < -0.4 is 0 Å². The molecular formula is C30H28CuN4. The molecule has 5 heterocycles. The van der Waals surface area contributed by atoms with E-state index in [1.54, 1.807) is 0 Å². The molecule has 6 rings (SSSR count). The molecule has 1 radical (unpaired) electrons. The predicted molar refractivity (Wildman–Crippen MR) is 144 cm³/mol. The second-order valence-corrected chi connectivity index (χ2v) is 9.52. The van der Waals surface area contributed by atoms with Crippen molar-refractivity contribution in [3.05, 3.63) is 107 Å². The van der Waals surface area contributed by atoms with Gasteiger partial charge in [0.1, 0.15) is 0 Å². The third-order valence-corrected chi connectivity index (χ3v) is 5.68. The van der Waals surface area contributed by atoms with Crippen LogP contribution in [0.2, 0.25) is 0 Å². The molecule has 0 fully saturated rings. The van der Waals surface area contributed by atoms with Crippen molar-refractivity contribution in [1.29, 1.82) is 0 Å². The smallest absolute Gasteiger partial charge is 0.0659 e. The van der Waals surface area contributed by atoms with Crippen molar-refractivity contribution >= 4 is 46.4 Å². The minimum atomic E-state index is 0. The van der Waals surface area contributed by atoms with Gasteiger partial charge < -0.3 is 9.97 Å². The van der Waals surface area contributed by atoms with Crippen LogP contribution in [-0.4, -0.2) is 19.9 Å². The first-order valence-corrected chi connectivity index (χ1v) is 11.5. The number of nitrogens with zero attached hydrogens (tertiary/aromatic N) is 2. The first-order chi connectivity index (χ1) is 16.4. The number of hydrogen-bond donors (Lipinski definition) is 2. The van der Waals surface area contributed by atoms with Gasteiger partial charge in [-0.2, -0.15) is 0 Å². The molecule has 179 valence electrons. The Kier molecular flexibility index (Phi) is 7.20. The maximum Gasteiger partial charge on any atom is 0.0659 e. The Morgan fingerprint density at radius 1 is 0.514 bits per heavy atom. The molecule has 0 atom stereocenters. The summed E-state index contributed by atoms with van der Waals surface area (Å²) in [6.45, 7) is 6.67. The fourth-order valence-corrected chi connectivity index (χ4v) is 3.88. The van der Waals surface area contributed by atoms with Crippen LogP contribution in [0.4, 0.5) is 0 Å². The predicted octanol–water partition coefficient (Wildman–Crippen LogP) is 7.64. The zero-order valence-corrected chi connectivity index (χ0v) is 21.0. The van der Waals surface area contributed by atoms with Gasteiger partial charge in [0.15, 0.2) is 0 Å². The van der Waals surface area contributed by atoms with Crippen molar-refractivity contribution in [3.8, 4) is 0 Å². The summed E-state index contributed by atoms with van der Waals surface area (Å²) in [5, 5.41) is 0. The molecule has 5 heteroatoms. The first-order valence-electron chi connectivity index (χ1n) is 11.5. The van der Waals surface area contributed by atoms with E-state index < -0.39 is 0 Å². The third kappa shape index (κ3) is 6.27. The van der Waals surface area contributed by atoms with E-state index in [2.05, 4.69) is 101 Å². The number of aromatic nitrogens is 4. The van der Waals surface area contributed by atoms with Gasteiger partial charge in [-0.3, -0.25) is 0 Å². The maximum atomic E-state index is 4.62. The number of nitrogens with one attached hydrogen (secondary N) is 2. The molecule has 3 aromatic heterocycles. The molecule has 0 amide bonds. The molecule has 4 aromatic rings. The third-order valence-electron chi connectivity index (χ3n) is 5.68. The summed E-state index contributed by atoms with van der Waals surface area (Å²) >= 11 is 0. The van der Waals surface area contributed by atoms with Crippen LogP contribution in [0.1, 0.15) is 49.1 Å². The van der Waals surface area contributed by atoms with Crippen molar-refractivity contribution < 1.29 is 17.1 Å². The number of fused-ring (bicyclic) bond motifs is 8. The second-order valence-electron chi connectivity index (χ2n) is 9.52. The van der Waals surface area contributed by atoms with Crippen molar-refractivity contribution in [3.63, 3.8) is 0 Å². The van der Waals surface area contributed by atoms with E-state index in [0.29, 0.717) is 5.41 Å². The van der Waals surface area contributed by atoms with Crippen LogP contribution in [0, 0.1) is 0 Å². The molecule has 2 aliphatic heterocycles. The maximum absolute atomic E-state index is 4.62. The van der Waals surface area contributed by atoms with E-state index in [0.717, 1.165) is 44.8 Å². The molecule has 0 saturated heterocycles. The summed E-state index contributed by atoms with van der Waals surface area (Å²) in [7, 11) is 0. The standard InChI is InChI=1S/C20H14N4.C10H14.Cu/c1-2-14-10-16-5-6-18(23-16)12-20-8-7-19(24-20)11-17-4-3-15(22-17)9-13(1)21-14;1-10(2,3)9-7-5-4-6-8-9;/h1-12,21-22H;4-8H,1-3H3;. The van der Waals surface area contributed by atoms with E-state index >= 15 is 0 Å². The molecule has 2 N–H and O–H groups in total. The molecule has 0 aliphatic carbocycles. The Morgan fingerprint density at radius 3 is 1.31 bits per heavy atom. The van der Waals surface area contributed by atoms with Crippen molar-refractivity contribution in [2.45, 2.75) is 26.2 Å². The zero-order chi connectivity index (χ0) is 23.5. The van der Waals surface area contributed by atoms with E-state index in [1.165, 1.54) is 5.56 Å². The van der Waals surface area contributed by atoms with Crippen LogP contribution in [0.15, 0.2) is 78.9 Å². The van der Waals surface area contributed by atoms with Crippen molar-refractivity contribution in [2.75, 3.05) is 0 Å². The van der Waals surface area contributed by atoms with Crippen LogP contribution in [0.5, 0.6) is 0 Å². The molecule has 2 aliphatic rings. The topological polar surface area (TPSA) is 57.4 Å². The van der Waals surface area contributed by atoms with E-state index in [9.17, 15) is 0 Å². The average Bonchev–Trinajstić information content (AvgIpc) is 3.60. The van der Waals surface area contributed by atoms with Gasteiger partial charge >= 0.3 is 0 Å². The van der Waals surface area contributed by atoms with Gasteiger partial charge in [0.2, 0.25) is 0 Å². The monoisotopic (exact) mass is 507 g/mol. The summed E-state index contributed by atoms with van der Waals surface area (Å²) < 4.78 is 0. The van der Waals surface area contributed by atoms with Gasteiger partial charge in [-0.1, -0.05) is 51.1 Å². The SMILES string of the molecule is C1=Cc2cc3ccc(cc4ccc(cc5nc(cc1n2)C=C5)[nH]4)[nH]3.CC(C)(C)c1ccccc1.[Cu]. The Bertz CT molecular complexity index is 1440. The first kappa shape index (κ1) is 24.5. The molecule has 0 spiro atoms. The van der Waals surface area contributed by atoms with Gasteiger partial charge in [0, 0.05) is 39.1 Å². The summed E-state index contributed by atoms with van der Waals surface area (Å²) in [4.78, 5) is 16.0. The number of rotatable bonds is 0. The Balaban J connectivity index is 0.000000224. The molecule has 35 heavy (non-hydrogen) atoms. The van der Waals surface area contributed by atoms with E-state index in [4.69, 9.17) is 0 Å². The number of hydrogen-bond acceptors (Lipinski definition) is 2. The normalized spacial score (nSPS) is 12.0. The Labute approximate surface area is 216 Å². The number of benzene rings is 1. The number of H-pyrrole nitrogens is 2. The second kappa shape index (κ2) is 10.3. The summed E-state index contributed by atoms with van der Waals surface area (Å²) in [6.07, 6.45) is 8.05. The largest absolute Gasteiger partial charge is 0.355 e. The summed E-state index contributed by atoms with van der Waals surface area (Å²) in [6, 6.07) is 27.0. The van der Waals surface area contributed by atoms with Gasteiger partial charge in [-0.25, -0.2) is 9.97 Å². The molecule has 1 aromatic carbocycles. The Hall–Kier alpha value is -3.66. The van der Waals surface area contributed by atoms with Crippen LogP contribution in [-0.2, 0) is 22.5 Å². The van der Waals surface area contributed by atoms with Crippen LogP contribution >= 0.6 is 0 Å². The Morgan fingerprint density at radius 2 is 0.914 bits per heavy atom. The van der Waals surface area contributed by atoms with E-state index in [1.807, 2.05) is 42.5 Å². The van der Waals surface area contributed by atoms with Crippen LogP contribution in [0.25, 0.3) is 46.4 Å². The van der Waals surface area contributed by atoms with Gasteiger partial charge in [0.05, 0.1) is 22.8 Å². The van der Waals surface area contributed by atoms with Crippen molar-refractivity contribution in [1.82, 2.24) is 19.9 Å². The molecule has 0 unspecified atom stereocenters. The van der Waals surface area contributed by atoms with Gasteiger partial charge in [-0.05, 0) is 83.8 Å². The summed E-state index contributed by atoms with van der Waals surface area (Å²) in [5.41, 5.74) is 9.55. The average molecular weight is 508 g/mol. The van der Waals surface area contributed by atoms with Crippen LogP contribution in [0.3, 0.4) is 0 Å². The van der Waals surface area contributed by atoms with Gasteiger partial charge in [-0.15, -0.1) is 0 Å². The molecule has 4 nitrogen and oxygen atoms in total. The summed E-state index contributed by atoms with van der Waals surface area (Å²) in [5.74, 6) is 0. The molecule has 8 bridgehead atoms. The molecular weight excluding hydrogens is 480 g/mol. The van der Waals surface area contributed by atoms with Gasteiger partial charge in [0.25, 0.3) is 0 Å². The number of aromatic amines is 2. The van der Waals surface area contributed by atoms with E-state index in [-0.39, 0.29) is 17.1 Å².